The topological polar surface area (TPSA) is 92.0 Å². The normalized spacial score (nSPS) is 19.7. The van der Waals surface area contributed by atoms with Crippen LogP contribution in [0.5, 0.6) is 5.75 Å². The Bertz CT molecular complexity index is 680. The van der Waals surface area contributed by atoms with Gasteiger partial charge in [0, 0.05) is 32.7 Å². The van der Waals surface area contributed by atoms with E-state index in [1.807, 2.05) is 6.07 Å². The van der Waals surface area contributed by atoms with Crippen LogP contribution in [0, 0.1) is 0 Å². The minimum atomic E-state index is -0.261. The third kappa shape index (κ3) is 7.24. The van der Waals surface area contributed by atoms with Crippen LogP contribution in [0.15, 0.2) is 29.3 Å². The Morgan fingerprint density at radius 2 is 1.97 bits per heavy atom. The zero-order chi connectivity index (χ0) is 20.5. The van der Waals surface area contributed by atoms with Crippen LogP contribution in [0.4, 0.5) is 0 Å². The summed E-state index contributed by atoms with van der Waals surface area (Å²) in [7, 11) is 1.79. The van der Waals surface area contributed by atoms with E-state index >= 15 is 0 Å². The standard InChI is InChI=1S/C22H35N5O2/c1-24-22(26-18-10-12-27(13-11-18)16-21(23)28)25-15-17-6-5-9-20(14-17)29-19-7-3-2-4-8-19/h5-6,9,14,18-19H,2-4,7-8,10-13,15-16H2,1H3,(H2,23,28)(H2,24,25,26). The van der Waals surface area contributed by atoms with Crippen molar-refractivity contribution in [2.45, 2.75) is 63.6 Å². The largest absolute Gasteiger partial charge is 0.490 e. The third-order valence-corrected chi connectivity index (χ3v) is 5.74. The van der Waals surface area contributed by atoms with Gasteiger partial charge in [-0.3, -0.25) is 14.7 Å². The summed E-state index contributed by atoms with van der Waals surface area (Å²) in [6, 6.07) is 8.68. The van der Waals surface area contributed by atoms with E-state index in [4.69, 9.17) is 10.5 Å². The van der Waals surface area contributed by atoms with Gasteiger partial charge in [-0.25, -0.2) is 0 Å². The van der Waals surface area contributed by atoms with Crippen LogP contribution in [0.2, 0.25) is 0 Å². The molecule has 2 fully saturated rings. The van der Waals surface area contributed by atoms with Crippen molar-refractivity contribution in [3.8, 4) is 5.75 Å². The predicted octanol–water partition coefficient (Wildman–Crippen LogP) is 2.01. The lowest BCUT2D eigenvalue weighted by molar-refractivity contribution is -0.119. The number of amides is 1. The van der Waals surface area contributed by atoms with Gasteiger partial charge < -0.3 is 21.1 Å². The highest BCUT2D eigenvalue weighted by atomic mass is 16.5. The van der Waals surface area contributed by atoms with Gasteiger partial charge in [0.2, 0.25) is 5.91 Å². The lowest BCUT2D eigenvalue weighted by Crippen LogP contribution is -2.49. The number of nitrogens with one attached hydrogen (secondary N) is 2. The maximum atomic E-state index is 11.1. The summed E-state index contributed by atoms with van der Waals surface area (Å²) in [6.07, 6.45) is 8.51. The van der Waals surface area contributed by atoms with Crippen LogP contribution in [-0.2, 0) is 11.3 Å². The highest BCUT2D eigenvalue weighted by Crippen LogP contribution is 2.24. The highest BCUT2D eigenvalue weighted by Gasteiger charge is 2.21. The van der Waals surface area contributed by atoms with E-state index < -0.39 is 0 Å². The molecule has 0 spiro atoms. The predicted molar refractivity (Wildman–Crippen MR) is 116 cm³/mol. The van der Waals surface area contributed by atoms with Crippen LogP contribution in [0.1, 0.15) is 50.5 Å². The number of carbonyl (C=O) groups excluding carboxylic acids is 1. The van der Waals surface area contributed by atoms with Crippen LogP contribution in [0.3, 0.4) is 0 Å². The second-order valence-electron chi connectivity index (χ2n) is 8.11. The number of primary amides is 1. The van der Waals surface area contributed by atoms with Gasteiger partial charge in [0.05, 0.1) is 12.6 Å². The van der Waals surface area contributed by atoms with Gasteiger partial charge in [-0.2, -0.15) is 0 Å². The van der Waals surface area contributed by atoms with E-state index in [2.05, 4.69) is 38.7 Å². The molecule has 1 aromatic carbocycles. The number of nitrogens with two attached hydrogens (primary N) is 1. The van der Waals surface area contributed by atoms with Gasteiger partial charge in [0.1, 0.15) is 5.75 Å². The summed E-state index contributed by atoms with van der Waals surface area (Å²) >= 11 is 0. The van der Waals surface area contributed by atoms with Crippen molar-refractivity contribution in [1.82, 2.24) is 15.5 Å². The number of guanidine groups is 1. The Morgan fingerprint density at radius 3 is 2.66 bits per heavy atom. The molecule has 0 atom stereocenters. The molecule has 1 saturated carbocycles. The third-order valence-electron chi connectivity index (χ3n) is 5.74. The van der Waals surface area contributed by atoms with Crippen LogP contribution < -0.4 is 21.1 Å². The molecule has 7 heteroatoms. The summed E-state index contributed by atoms with van der Waals surface area (Å²) in [5.74, 6) is 1.50. The van der Waals surface area contributed by atoms with Crippen molar-refractivity contribution < 1.29 is 9.53 Å². The number of piperidine rings is 1. The van der Waals surface area contributed by atoms with Crippen molar-refractivity contribution in [1.29, 1.82) is 0 Å². The fraction of sp³-hybridized carbons (Fsp3) is 0.636. The Morgan fingerprint density at radius 1 is 1.21 bits per heavy atom. The molecule has 0 radical (unpaired) electrons. The molecule has 1 heterocycles. The molecule has 0 aromatic heterocycles. The molecule has 0 unspecified atom stereocenters. The number of hydrogen-bond acceptors (Lipinski definition) is 4. The maximum Gasteiger partial charge on any atom is 0.231 e. The first kappa shape index (κ1) is 21.4. The lowest BCUT2D eigenvalue weighted by Gasteiger charge is -2.32. The molecule has 1 aromatic rings. The second kappa shape index (κ2) is 11.0. The molecule has 1 amide bonds. The SMILES string of the molecule is CN=C(NCc1cccc(OC2CCCCC2)c1)NC1CCN(CC(N)=O)CC1. The fourth-order valence-corrected chi connectivity index (χ4v) is 4.13. The minimum absolute atomic E-state index is 0.261. The zero-order valence-electron chi connectivity index (χ0n) is 17.5. The van der Waals surface area contributed by atoms with Crippen molar-refractivity contribution in [3.05, 3.63) is 29.8 Å². The number of nitrogens with zero attached hydrogens (tertiary/aromatic N) is 2. The molecule has 3 rings (SSSR count). The smallest absolute Gasteiger partial charge is 0.231 e. The van der Waals surface area contributed by atoms with E-state index in [1.165, 1.54) is 24.8 Å². The number of rotatable bonds is 7. The Balaban J connectivity index is 1.43. The monoisotopic (exact) mass is 401 g/mol. The van der Waals surface area contributed by atoms with Crippen LogP contribution >= 0.6 is 0 Å². The average Bonchev–Trinajstić information content (AvgIpc) is 2.73. The summed E-state index contributed by atoms with van der Waals surface area (Å²) in [5, 5.41) is 6.90. The van der Waals surface area contributed by atoms with Gasteiger partial charge >= 0.3 is 0 Å². The molecule has 29 heavy (non-hydrogen) atoms. The second-order valence-corrected chi connectivity index (χ2v) is 8.11. The number of likely N-dealkylation sites (tertiary alicyclic amines) is 1. The van der Waals surface area contributed by atoms with Crippen molar-refractivity contribution in [2.75, 3.05) is 26.7 Å². The molecule has 1 saturated heterocycles. The molecule has 0 bridgehead atoms. The van der Waals surface area contributed by atoms with Gasteiger partial charge in [-0.1, -0.05) is 18.6 Å². The number of ether oxygens (including phenoxy) is 1. The molecule has 4 N–H and O–H groups in total. The van der Waals surface area contributed by atoms with Crippen LogP contribution in [0.25, 0.3) is 0 Å². The van der Waals surface area contributed by atoms with Crippen LogP contribution in [-0.4, -0.2) is 55.6 Å². The number of aliphatic imine (C=N–C) groups is 1. The van der Waals surface area contributed by atoms with E-state index in [9.17, 15) is 4.79 Å². The van der Waals surface area contributed by atoms with E-state index in [1.54, 1.807) is 7.05 Å². The van der Waals surface area contributed by atoms with Gasteiger partial charge in [0.25, 0.3) is 0 Å². The minimum Gasteiger partial charge on any atom is -0.490 e. The Kier molecular flexibility index (Phi) is 8.16. The highest BCUT2D eigenvalue weighted by molar-refractivity contribution is 5.80. The summed E-state index contributed by atoms with van der Waals surface area (Å²) in [5.41, 5.74) is 6.46. The van der Waals surface area contributed by atoms with Gasteiger partial charge in [-0.15, -0.1) is 0 Å². The first-order chi connectivity index (χ1) is 14.1. The molecular weight excluding hydrogens is 366 g/mol. The first-order valence-corrected chi connectivity index (χ1v) is 10.9. The summed E-state index contributed by atoms with van der Waals surface area (Å²) in [4.78, 5) is 17.5. The van der Waals surface area contributed by atoms with Gasteiger partial charge in [-0.05, 0) is 56.2 Å². The van der Waals surface area contributed by atoms with Crippen molar-refractivity contribution >= 4 is 11.9 Å². The quantitative estimate of drug-likeness (QED) is 0.480. The first-order valence-electron chi connectivity index (χ1n) is 10.9. The fourth-order valence-electron chi connectivity index (χ4n) is 4.13. The van der Waals surface area contributed by atoms with Crippen molar-refractivity contribution in [2.24, 2.45) is 10.7 Å². The number of hydrogen-bond donors (Lipinski definition) is 3. The van der Waals surface area contributed by atoms with E-state index in [0.717, 1.165) is 50.5 Å². The van der Waals surface area contributed by atoms with E-state index in [-0.39, 0.29) is 5.91 Å². The zero-order valence-corrected chi connectivity index (χ0v) is 17.5. The maximum absolute atomic E-state index is 11.1. The summed E-state index contributed by atoms with van der Waals surface area (Å²) < 4.78 is 6.18. The lowest BCUT2D eigenvalue weighted by atomic mass is 9.98. The van der Waals surface area contributed by atoms with E-state index in [0.29, 0.717) is 25.2 Å². The molecule has 160 valence electrons. The average molecular weight is 402 g/mol. The van der Waals surface area contributed by atoms with Gasteiger partial charge in [0.15, 0.2) is 5.96 Å². The Labute approximate surface area is 174 Å². The number of benzene rings is 1. The molecular formula is C22H35N5O2. The molecule has 7 nitrogen and oxygen atoms in total. The number of carbonyl (C=O) groups is 1. The molecule has 1 aliphatic heterocycles. The molecule has 1 aliphatic carbocycles. The van der Waals surface area contributed by atoms with Crippen molar-refractivity contribution in [3.63, 3.8) is 0 Å². The summed E-state index contributed by atoms with van der Waals surface area (Å²) in [6.45, 7) is 2.79. The molecule has 2 aliphatic rings. The Hall–Kier alpha value is -2.28.